The summed E-state index contributed by atoms with van der Waals surface area (Å²) in [6, 6.07) is 2.31. The van der Waals surface area contributed by atoms with Crippen molar-refractivity contribution in [2.75, 3.05) is 26.7 Å². The smallest absolute Gasteiger partial charge is 0.236 e. The molecule has 0 spiro atoms. The number of likely N-dealkylation sites (N-methyl/N-ethyl adjacent to an activating group) is 1. The van der Waals surface area contributed by atoms with E-state index in [9.17, 15) is 4.79 Å². The Kier molecular flexibility index (Phi) is 5.00. The largest absolute Gasteiger partial charge is 0.343 e. The second kappa shape index (κ2) is 6.35. The van der Waals surface area contributed by atoms with Gasteiger partial charge >= 0.3 is 0 Å². The fraction of sp³-hybridized carbons (Fsp3) is 0.615. The Balaban J connectivity index is 2.21. The summed E-state index contributed by atoms with van der Waals surface area (Å²) in [5.41, 5.74) is 6.29. The van der Waals surface area contributed by atoms with Crippen LogP contribution in [0.4, 0.5) is 0 Å². The van der Waals surface area contributed by atoms with Gasteiger partial charge < -0.3 is 10.6 Å². The SMILES string of the molecule is CCC(N)C(c1cc(Br)cs1)N1CCN(C)C(=O)C1. The maximum atomic E-state index is 11.9. The van der Waals surface area contributed by atoms with Crippen LogP contribution in [0.3, 0.4) is 0 Å². The van der Waals surface area contributed by atoms with E-state index in [4.69, 9.17) is 5.73 Å². The normalized spacial score (nSPS) is 20.6. The van der Waals surface area contributed by atoms with Gasteiger partial charge in [-0.2, -0.15) is 0 Å². The zero-order valence-corrected chi connectivity index (χ0v) is 13.7. The van der Waals surface area contributed by atoms with Gasteiger partial charge in [0.25, 0.3) is 0 Å². The van der Waals surface area contributed by atoms with E-state index < -0.39 is 0 Å². The van der Waals surface area contributed by atoms with E-state index in [1.165, 1.54) is 4.88 Å². The highest BCUT2D eigenvalue weighted by Gasteiger charge is 2.32. The van der Waals surface area contributed by atoms with E-state index in [-0.39, 0.29) is 18.0 Å². The van der Waals surface area contributed by atoms with E-state index in [0.717, 1.165) is 24.0 Å². The van der Waals surface area contributed by atoms with Crippen LogP contribution in [0.5, 0.6) is 0 Å². The summed E-state index contributed by atoms with van der Waals surface area (Å²) in [7, 11) is 1.86. The van der Waals surface area contributed by atoms with Gasteiger partial charge in [0.1, 0.15) is 0 Å². The van der Waals surface area contributed by atoms with Crippen LogP contribution >= 0.6 is 27.3 Å². The van der Waals surface area contributed by atoms with Gasteiger partial charge in [-0.25, -0.2) is 0 Å². The first kappa shape index (κ1) is 15.0. The molecule has 0 aliphatic carbocycles. The van der Waals surface area contributed by atoms with Crippen LogP contribution in [-0.2, 0) is 4.79 Å². The number of rotatable bonds is 4. The lowest BCUT2D eigenvalue weighted by atomic mass is 10.0. The number of carbonyl (C=O) groups excluding carboxylic acids is 1. The molecule has 106 valence electrons. The van der Waals surface area contributed by atoms with Gasteiger partial charge in [0.05, 0.1) is 12.6 Å². The van der Waals surface area contributed by atoms with E-state index in [2.05, 4.69) is 39.2 Å². The van der Waals surface area contributed by atoms with Gasteiger partial charge in [0, 0.05) is 40.9 Å². The van der Waals surface area contributed by atoms with Crippen molar-refractivity contribution in [2.45, 2.75) is 25.4 Å². The number of carbonyl (C=O) groups is 1. The third-order valence-electron chi connectivity index (χ3n) is 3.64. The molecule has 1 saturated heterocycles. The third-order valence-corrected chi connectivity index (χ3v) is 5.40. The lowest BCUT2D eigenvalue weighted by Gasteiger charge is -2.39. The summed E-state index contributed by atoms with van der Waals surface area (Å²) in [4.78, 5) is 17.1. The molecule has 1 aliphatic rings. The Morgan fingerprint density at radius 3 is 2.79 bits per heavy atom. The molecule has 2 rings (SSSR count). The number of piperazine rings is 1. The second-order valence-corrected chi connectivity index (χ2v) is 6.83. The summed E-state index contributed by atoms with van der Waals surface area (Å²) in [6.07, 6.45) is 0.903. The first-order valence-corrected chi connectivity index (χ1v) is 8.17. The molecule has 6 heteroatoms. The first-order valence-electron chi connectivity index (χ1n) is 6.50. The number of halogens is 1. The standard InChI is InChI=1S/C13H20BrN3OS/c1-3-10(15)13(11-6-9(14)8-19-11)17-5-4-16(2)12(18)7-17/h6,8,10,13H,3-5,7,15H2,1-2H3. The fourth-order valence-electron chi connectivity index (χ4n) is 2.38. The molecule has 19 heavy (non-hydrogen) atoms. The van der Waals surface area contributed by atoms with Crippen LogP contribution in [0.25, 0.3) is 0 Å². The number of thiophene rings is 1. The summed E-state index contributed by atoms with van der Waals surface area (Å²) in [6.45, 7) is 4.22. The van der Waals surface area contributed by atoms with Crippen LogP contribution in [0, 0.1) is 0 Å². The minimum absolute atomic E-state index is 0.0572. The Morgan fingerprint density at radius 1 is 1.53 bits per heavy atom. The summed E-state index contributed by atoms with van der Waals surface area (Å²) in [5, 5.41) is 2.07. The first-order chi connectivity index (χ1) is 9.02. The number of amides is 1. The average Bonchev–Trinajstić information content (AvgIpc) is 2.80. The molecule has 1 aromatic rings. The predicted molar refractivity (Wildman–Crippen MR) is 82.2 cm³/mol. The van der Waals surface area contributed by atoms with E-state index in [1.54, 1.807) is 16.2 Å². The van der Waals surface area contributed by atoms with Crippen molar-refractivity contribution in [3.8, 4) is 0 Å². The van der Waals surface area contributed by atoms with E-state index in [1.807, 2.05) is 7.05 Å². The van der Waals surface area contributed by atoms with Gasteiger partial charge in [-0.3, -0.25) is 9.69 Å². The van der Waals surface area contributed by atoms with Gasteiger partial charge in [0.15, 0.2) is 0 Å². The van der Waals surface area contributed by atoms with Crippen molar-refractivity contribution >= 4 is 33.2 Å². The Bertz CT molecular complexity index is 451. The Hall–Kier alpha value is -0.430. The molecule has 1 aliphatic heterocycles. The number of hydrogen-bond donors (Lipinski definition) is 1. The molecule has 1 aromatic heterocycles. The highest BCUT2D eigenvalue weighted by atomic mass is 79.9. The molecule has 2 atom stereocenters. The van der Waals surface area contributed by atoms with E-state index >= 15 is 0 Å². The zero-order valence-electron chi connectivity index (χ0n) is 11.3. The van der Waals surface area contributed by atoms with Crippen LogP contribution in [0.15, 0.2) is 15.9 Å². The van der Waals surface area contributed by atoms with Crippen LogP contribution in [0.1, 0.15) is 24.3 Å². The molecule has 0 bridgehead atoms. The molecule has 2 heterocycles. The topological polar surface area (TPSA) is 49.6 Å². The molecule has 0 saturated carbocycles. The molecule has 4 nitrogen and oxygen atoms in total. The third kappa shape index (κ3) is 3.37. The summed E-state index contributed by atoms with van der Waals surface area (Å²) < 4.78 is 1.08. The summed E-state index contributed by atoms with van der Waals surface area (Å²) >= 11 is 5.20. The van der Waals surface area contributed by atoms with E-state index in [0.29, 0.717) is 6.54 Å². The lowest BCUT2D eigenvalue weighted by Crippen LogP contribution is -2.52. The molecule has 2 unspecified atom stereocenters. The van der Waals surface area contributed by atoms with Gasteiger partial charge in [-0.05, 0) is 28.4 Å². The maximum absolute atomic E-state index is 11.9. The average molecular weight is 346 g/mol. The predicted octanol–water partition coefficient (Wildman–Crippen LogP) is 2.06. The zero-order chi connectivity index (χ0) is 14.0. The van der Waals surface area contributed by atoms with Gasteiger partial charge in [-0.15, -0.1) is 11.3 Å². The van der Waals surface area contributed by atoms with Crippen molar-refractivity contribution in [3.05, 3.63) is 20.8 Å². The quantitative estimate of drug-likeness (QED) is 0.908. The monoisotopic (exact) mass is 345 g/mol. The molecule has 1 fully saturated rings. The summed E-state index contributed by atoms with van der Waals surface area (Å²) in [5.74, 6) is 0.176. The molecule has 2 N–H and O–H groups in total. The van der Waals surface area contributed by atoms with Crippen LogP contribution < -0.4 is 5.73 Å². The number of nitrogens with two attached hydrogens (primary N) is 1. The van der Waals surface area contributed by atoms with Crippen LogP contribution in [0.2, 0.25) is 0 Å². The van der Waals surface area contributed by atoms with Gasteiger partial charge in [0.2, 0.25) is 5.91 Å². The van der Waals surface area contributed by atoms with Crippen molar-refractivity contribution in [1.29, 1.82) is 0 Å². The minimum atomic E-state index is 0.0572. The van der Waals surface area contributed by atoms with Crippen molar-refractivity contribution in [2.24, 2.45) is 5.73 Å². The highest BCUT2D eigenvalue weighted by molar-refractivity contribution is 9.10. The van der Waals surface area contributed by atoms with Crippen LogP contribution in [-0.4, -0.2) is 48.4 Å². The second-order valence-electron chi connectivity index (χ2n) is 4.97. The molecule has 1 amide bonds. The number of hydrogen-bond acceptors (Lipinski definition) is 4. The Labute approximate surface area is 126 Å². The van der Waals surface area contributed by atoms with Crippen molar-refractivity contribution < 1.29 is 4.79 Å². The van der Waals surface area contributed by atoms with Crippen molar-refractivity contribution in [1.82, 2.24) is 9.80 Å². The molecule has 0 aromatic carbocycles. The molecular weight excluding hydrogens is 326 g/mol. The molecular formula is C13H20BrN3OS. The number of nitrogens with zero attached hydrogens (tertiary/aromatic N) is 2. The Morgan fingerprint density at radius 2 is 2.26 bits per heavy atom. The highest BCUT2D eigenvalue weighted by Crippen LogP contribution is 2.32. The maximum Gasteiger partial charge on any atom is 0.236 e. The fourth-order valence-corrected chi connectivity index (χ4v) is 4.04. The lowest BCUT2D eigenvalue weighted by molar-refractivity contribution is -0.135. The molecule has 0 radical (unpaired) electrons. The van der Waals surface area contributed by atoms with Gasteiger partial charge in [-0.1, -0.05) is 6.92 Å². The minimum Gasteiger partial charge on any atom is -0.343 e. The van der Waals surface area contributed by atoms with Crippen molar-refractivity contribution in [3.63, 3.8) is 0 Å².